The summed E-state index contributed by atoms with van der Waals surface area (Å²) < 4.78 is 0. The lowest BCUT2D eigenvalue weighted by Gasteiger charge is -2.17. The van der Waals surface area contributed by atoms with Crippen molar-refractivity contribution in [3.8, 4) is 0 Å². The lowest BCUT2D eigenvalue weighted by molar-refractivity contribution is -0.122. The lowest BCUT2D eigenvalue weighted by atomic mass is 10.1. The standard InChI is InChI=1S/C23H28N4O2/c1-16-7-6-8-17(2)23(16)26-22(29)15-27(3)14-21(28)24-12-11-18-13-25-20-10-5-4-9-19(18)20/h4-10,13,25H,11-12,14-15H2,1-3H3,(H,24,28)(H,26,29). The highest BCUT2D eigenvalue weighted by molar-refractivity contribution is 5.94. The van der Waals surface area contributed by atoms with Crippen molar-refractivity contribution in [2.45, 2.75) is 20.3 Å². The lowest BCUT2D eigenvalue weighted by Crippen LogP contribution is -2.39. The van der Waals surface area contributed by atoms with Gasteiger partial charge in [-0.2, -0.15) is 0 Å². The van der Waals surface area contributed by atoms with Crippen molar-refractivity contribution in [3.63, 3.8) is 0 Å². The van der Waals surface area contributed by atoms with Crippen LogP contribution in [-0.2, 0) is 16.0 Å². The second-order valence-corrected chi connectivity index (χ2v) is 7.45. The van der Waals surface area contributed by atoms with Gasteiger partial charge >= 0.3 is 0 Å². The highest BCUT2D eigenvalue weighted by Gasteiger charge is 2.13. The van der Waals surface area contributed by atoms with E-state index in [0.29, 0.717) is 6.54 Å². The minimum Gasteiger partial charge on any atom is -0.361 e. The molecule has 0 aliphatic carbocycles. The number of benzene rings is 2. The van der Waals surface area contributed by atoms with Crippen LogP contribution in [0.2, 0.25) is 0 Å². The Morgan fingerprint density at radius 1 is 0.966 bits per heavy atom. The Labute approximate surface area is 171 Å². The maximum atomic E-state index is 12.3. The van der Waals surface area contributed by atoms with E-state index in [0.717, 1.165) is 28.8 Å². The highest BCUT2D eigenvalue weighted by Crippen LogP contribution is 2.19. The fraction of sp³-hybridized carbons (Fsp3) is 0.304. The van der Waals surface area contributed by atoms with Crippen molar-refractivity contribution in [3.05, 3.63) is 65.4 Å². The Hall–Kier alpha value is -3.12. The Kier molecular flexibility index (Phi) is 6.67. The summed E-state index contributed by atoms with van der Waals surface area (Å²) in [6.07, 6.45) is 2.74. The minimum absolute atomic E-state index is 0.0905. The second-order valence-electron chi connectivity index (χ2n) is 7.45. The molecule has 152 valence electrons. The first-order valence-corrected chi connectivity index (χ1v) is 9.80. The van der Waals surface area contributed by atoms with Gasteiger partial charge in [0.1, 0.15) is 0 Å². The molecule has 2 aromatic carbocycles. The number of carbonyl (C=O) groups excluding carboxylic acids is 2. The number of rotatable bonds is 8. The van der Waals surface area contributed by atoms with Crippen LogP contribution in [0.3, 0.4) is 0 Å². The molecule has 3 rings (SSSR count). The number of nitrogens with zero attached hydrogens (tertiary/aromatic N) is 1. The van der Waals surface area contributed by atoms with E-state index in [4.69, 9.17) is 0 Å². The number of hydrogen-bond donors (Lipinski definition) is 3. The van der Waals surface area contributed by atoms with Gasteiger partial charge in [-0.1, -0.05) is 36.4 Å². The van der Waals surface area contributed by atoms with Crippen molar-refractivity contribution in [1.29, 1.82) is 0 Å². The molecule has 29 heavy (non-hydrogen) atoms. The maximum absolute atomic E-state index is 12.3. The van der Waals surface area contributed by atoms with E-state index < -0.39 is 0 Å². The number of para-hydroxylation sites is 2. The molecule has 0 saturated heterocycles. The van der Waals surface area contributed by atoms with Crippen LogP contribution < -0.4 is 10.6 Å². The third-order valence-electron chi connectivity index (χ3n) is 4.96. The Balaban J connectivity index is 1.42. The first kappa shape index (κ1) is 20.6. The summed E-state index contributed by atoms with van der Waals surface area (Å²) in [5.41, 5.74) is 5.17. The molecule has 6 heteroatoms. The van der Waals surface area contributed by atoms with Gasteiger partial charge in [-0.05, 0) is 50.1 Å². The number of hydrogen-bond acceptors (Lipinski definition) is 3. The number of H-pyrrole nitrogens is 1. The van der Waals surface area contributed by atoms with E-state index >= 15 is 0 Å². The zero-order valence-corrected chi connectivity index (χ0v) is 17.2. The average Bonchev–Trinajstić information content (AvgIpc) is 3.08. The van der Waals surface area contributed by atoms with Crippen molar-refractivity contribution in [2.24, 2.45) is 0 Å². The molecule has 3 N–H and O–H groups in total. The van der Waals surface area contributed by atoms with Crippen molar-refractivity contribution >= 4 is 28.4 Å². The van der Waals surface area contributed by atoms with Gasteiger partial charge in [-0.15, -0.1) is 0 Å². The first-order chi connectivity index (χ1) is 13.9. The fourth-order valence-electron chi connectivity index (χ4n) is 3.47. The molecule has 2 amide bonds. The van der Waals surface area contributed by atoms with E-state index in [2.05, 4.69) is 21.7 Å². The van der Waals surface area contributed by atoms with Gasteiger partial charge in [0.25, 0.3) is 0 Å². The summed E-state index contributed by atoms with van der Waals surface area (Å²) in [5.74, 6) is -0.219. The first-order valence-electron chi connectivity index (χ1n) is 9.80. The van der Waals surface area contributed by atoms with Crippen LogP contribution in [0.1, 0.15) is 16.7 Å². The SMILES string of the molecule is Cc1cccc(C)c1NC(=O)CN(C)CC(=O)NCCc1c[nH]c2ccccc12. The Bertz CT molecular complexity index is 989. The molecular formula is C23H28N4O2. The number of aromatic nitrogens is 1. The van der Waals surface area contributed by atoms with Gasteiger partial charge in [-0.3, -0.25) is 14.5 Å². The van der Waals surface area contributed by atoms with Crippen LogP contribution in [0.15, 0.2) is 48.7 Å². The predicted molar refractivity (Wildman–Crippen MR) is 117 cm³/mol. The van der Waals surface area contributed by atoms with Gasteiger partial charge in [0, 0.05) is 29.3 Å². The molecule has 0 atom stereocenters. The van der Waals surface area contributed by atoms with E-state index in [-0.39, 0.29) is 24.9 Å². The van der Waals surface area contributed by atoms with Gasteiger partial charge < -0.3 is 15.6 Å². The molecule has 0 spiro atoms. The normalized spacial score (nSPS) is 11.0. The van der Waals surface area contributed by atoms with Crippen LogP contribution in [0.4, 0.5) is 5.69 Å². The Morgan fingerprint density at radius 3 is 2.41 bits per heavy atom. The number of carbonyl (C=O) groups is 2. The summed E-state index contributed by atoms with van der Waals surface area (Å²) in [7, 11) is 1.77. The van der Waals surface area contributed by atoms with Crippen LogP contribution >= 0.6 is 0 Å². The van der Waals surface area contributed by atoms with Crippen molar-refractivity contribution in [1.82, 2.24) is 15.2 Å². The number of likely N-dealkylation sites (N-methyl/N-ethyl adjacent to an activating group) is 1. The molecule has 0 unspecified atom stereocenters. The van der Waals surface area contributed by atoms with Crippen LogP contribution in [-0.4, -0.2) is 48.4 Å². The fourth-order valence-corrected chi connectivity index (χ4v) is 3.47. The largest absolute Gasteiger partial charge is 0.361 e. The quantitative estimate of drug-likeness (QED) is 0.551. The van der Waals surface area contributed by atoms with E-state index in [9.17, 15) is 9.59 Å². The topological polar surface area (TPSA) is 77.2 Å². The summed E-state index contributed by atoms with van der Waals surface area (Å²) in [5, 5.41) is 7.06. The number of aryl methyl sites for hydroxylation is 2. The zero-order chi connectivity index (χ0) is 20.8. The van der Waals surface area contributed by atoms with Gasteiger partial charge in [0.05, 0.1) is 13.1 Å². The van der Waals surface area contributed by atoms with Crippen molar-refractivity contribution in [2.75, 3.05) is 32.0 Å². The minimum atomic E-state index is -0.128. The molecule has 0 aliphatic heterocycles. The Morgan fingerprint density at radius 2 is 1.66 bits per heavy atom. The van der Waals surface area contributed by atoms with Crippen LogP contribution in [0.25, 0.3) is 10.9 Å². The summed E-state index contributed by atoms with van der Waals surface area (Å²) in [6.45, 7) is 4.82. The zero-order valence-electron chi connectivity index (χ0n) is 17.2. The molecule has 3 aromatic rings. The second kappa shape index (κ2) is 9.39. The smallest absolute Gasteiger partial charge is 0.238 e. The highest BCUT2D eigenvalue weighted by atomic mass is 16.2. The number of amides is 2. The molecule has 0 bridgehead atoms. The summed E-state index contributed by atoms with van der Waals surface area (Å²) in [6, 6.07) is 14.0. The number of nitrogens with one attached hydrogen (secondary N) is 3. The van der Waals surface area contributed by atoms with Gasteiger partial charge in [0.2, 0.25) is 11.8 Å². The monoisotopic (exact) mass is 392 g/mol. The number of anilines is 1. The van der Waals surface area contributed by atoms with E-state index in [1.165, 1.54) is 10.9 Å². The third kappa shape index (κ3) is 5.45. The van der Waals surface area contributed by atoms with E-state index in [1.54, 1.807) is 11.9 Å². The summed E-state index contributed by atoms with van der Waals surface area (Å²) in [4.78, 5) is 29.5. The molecule has 0 saturated carbocycles. The third-order valence-corrected chi connectivity index (χ3v) is 4.96. The maximum Gasteiger partial charge on any atom is 0.238 e. The number of fused-ring (bicyclic) bond motifs is 1. The number of aromatic amines is 1. The van der Waals surface area contributed by atoms with Crippen LogP contribution in [0.5, 0.6) is 0 Å². The van der Waals surface area contributed by atoms with E-state index in [1.807, 2.05) is 56.4 Å². The summed E-state index contributed by atoms with van der Waals surface area (Å²) >= 11 is 0. The molecule has 0 fully saturated rings. The predicted octanol–water partition coefficient (Wildman–Crippen LogP) is 3.01. The van der Waals surface area contributed by atoms with Crippen molar-refractivity contribution < 1.29 is 9.59 Å². The van der Waals surface area contributed by atoms with Gasteiger partial charge in [0.15, 0.2) is 0 Å². The average molecular weight is 393 g/mol. The van der Waals surface area contributed by atoms with Gasteiger partial charge in [-0.25, -0.2) is 0 Å². The van der Waals surface area contributed by atoms with Crippen LogP contribution in [0, 0.1) is 13.8 Å². The molecular weight excluding hydrogens is 364 g/mol. The molecule has 0 radical (unpaired) electrons. The molecule has 1 aromatic heterocycles. The molecule has 6 nitrogen and oxygen atoms in total. The molecule has 1 heterocycles. The molecule has 0 aliphatic rings.